The molecule has 29 heavy (non-hydrogen) atoms. The van der Waals surface area contributed by atoms with Crippen molar-refractivity contribution < 1.29 is 14.3 Å². The Bertz CT molecular complexity index is 1080. The second-order valence-electron chi connectivity index (χ2n) is 6.63. The van der Waals surface area contributed by atoms with E-state index in [4.69, 9.17) is 4.74 Å². The quantitative estimate of drug-likeness (QED) is 0.576. The molecule has 5 nitrogen and oxygen atoms in total. The molecule has 3 aromatic rings. The largest absolute Gasteiger partial charge is 0.493 e. The third kappa shape index (κ3) is 3.89. The van der Waals surface area contributed by atoms with Crippen molar-refractivity contribution in [3.8, 4) is 5.75 Å². The fourth-order valence-electron chi connectivity index (χ4n) is 3.31. The van der Waals surface area contributed by atoms with E-state index in [0.717, 1.165) is 21.3 Å². The summed E-state index contributed by atoms with van der Waals surface area (Å²) in [6.45, 7) is 3.02. The van der Waals surface area contributed by atoms with Crippen LogP contribution in [0.2, 0.25) is 0 Å². The second kappa shape index (κ2) is 8.09. The first-order chi connectivity index (χ1) is 14.1. The van der Waals surface area contributed by atoms with Gasteiger partial charge in [0.25, 0.3) is 11.8 Å². The topological polar surface area (TPSA) is 58.6 Å². The highest BCUT2D eigenvalue weighted by molar-refractivity contribution is 9.10. The standard InChI is InChI=1S/C23H19BrN2O3/c1-2-29-21-12-7-15(13-20(21)24)22(27)25-17-8-10-18(11-9-17)26-14-16-5-3-4-6-19(16)23(26)28/h3-13H,2,14H2,1H3,(H,25,27). The Morgan fingerprint density at radius 2 is 1.86 bits per heavy atom. The molecule has 0 aliphatic carbocycles. The van der Waals surface area contributed by atoms with Gasteiger partial charge < -0.3 is 15.0 Å². The molecular weight excluding hydrogens is 432 g/mol. The van der Waals surface area contributed by atoms with E-state index in [1.807, 2.05) is 43.3 Å². The molecule has 146 valence electrons. The zero-order valence-electron chi connectivity index (χ0n) is 15.8. The summed E-state index contributed by atoms with van der Waals surface area (Å²) in [6, 6.07) is 20.1. The number of halogens is 1. The van der Waals surface area contributed by atoms with Gasteiger partial charge in [0.1, 0.15) is 5.75 Å². The summed E-state index contributed by atoms with van der Waals surface area (Å²) in [5, 5.41) is 2.88. The van der Waals surface area contributed by atoms with E-state index in [9.17, 15) is 9.59 Å². The van der Waals surface area contributed by atoms with E-state index in [0.29, 0.717) is 30.2 Å². The third-order valence-corrected chi connectivity index (χ3v) is 5.37. The van der Waals surface area contributed by atoms with Crippen molar-refractivity contribution in [1.29, 1.82) is 0 Å². The van der Waals surface area contributed by atoms with Crippen LogP contribution in [0.5, 0.6) is 5.75 Å². The molecule has 0 saturated carbocycles. The number of amides is 2. The van der Waals surface area contributed by atoms with Gasteiger partial charge in [0.05, 0.1) is 17.6 Å². The van der Waals surface area contributed by atoms with Gasteiger partial charge in [-0.25, -0.2) is 0 Å². The number of nitrogens with zero attached hydrogens (tertiary/aromatic N) is 1. The summed E-state index contributed by atoms with van der Waals surface area (Å²) in [5.74, 6) is 0.479. The number of carbonyl (C=O) groups excluding carboxylic acids is 2. The molecule has 1 heterocycles. The molecule has 4 rings (SSSR count). The smallest absolute Gasteiger partial charge is 0.258 e. The lowest BCUT2D eigenvalue weighted by Crippen LogP contribution is -2.22. The lowest BCUT2D eigenvalue weighted by molar-refractivity contribution is 0.0994. The van der Waals surface area contributed by atoms with Gasteiger partial charge in [0, 0.05) is 22.5 Å². The highest BCUT2D eigenvalue weighted by atomic mass is 79.9. The van der Waals surface area contributed by atoms with E-state index < -0.39 is 0 Å². The summed E-state index contributed by atoms with van der Waals surface area (Å²) in [5.41, 5.74) is 3.75. The van der Waals surface area contributed by atoms with Crippen molar-refractivity contribution in [1.82, 2.24) is 0 Å². The Labute approximate surface area is 177 Å². The van der Waals surface area contributed by atoms with Crippen LogP contribution in [0.15, 0.2) is 71.2 Å². The molecule has 0 unspecified atom stereocenters. The van der Waals surface area contributed by atoms with E-state index >= 15 is 0 Å². The molecule has 0 atom stereocenters. The summed E-state index contributed by atoms with van der Waals surface area (Å²) >= 11 is 3.42. The number of carbonyl (C=O) groups is 2. The average Bonchev–Trinajstić information content (AvgIpc) is 3.07. The van der Waals surface area contributed by atoms with Crippen LogP contribution in [0.4, 0.5) is 11.4 Å². The van der Waals surface area contributed by atoms with Crippen LogP contribution in [0.25, 0.3) is 0 Å². The minimum absolute atomic E-state index is 0.00313. The van der Waals surface area contributed by atoms with Crippen LogP contribution in [0, 0.1) is 0 Å². The number of anilines is 2. The van der Waals surface area contributed by atoms with Gasteiger partial charge in [-0.1, -0.05) is 18.2 Å². The Morgan fingerprint density at radius 1 is 1.10 bits per heavy atom. The summed E-state index contributed by atoms with van der Waals surface area (Å²) < 4.78 is 6.20. The van der Waals surface area contributed by atoms with Crippen LogP contribution in [-0.2, 0) is 6.54 Å². The van der Waals surface area contributed by atoms with Gasteiger partial charge in [0.2, 0.25) is 0 Å². The van der Waals surface area contributed by atoms with Crippen molar-refractivity contribution in [3.05, 3.63) is 87.9 Å². The molecule has 6 heteroatoms. The molecule has 1 aliphatic heterocycles. The fourth-order valence-corrected chi connectivity index (χ4v) is 3.80. The van der Waals surface area contributed by atoms with E-state index in [2.05, 4.69) is 21.2 Å². The molecule has 0 radical (unpaired) electrons. The van der Waals surface area contributed by atoms with Gasteiger partial charge in [-0.05, 0) is 76.9 Å². The number of nitrogens with one attached hydrogen (secondary N) is 1. The van der Waals surface area contributed by atoms with Crippen molar-refractivity contribution >= 4 is 39.1 Å². The molecule has 1 N–H and O–H groups in total. The number of ether oxygens (including phenoxy) is 1. The van der Waals surface area contributed by atoms with Crippen LogP contribution in [0.1, 0.15) is 33.2 Å². The first-order valence-electron chi connectivity index (χ1n) is 9.30. The Balaban J connectivity index is 1.46. The molecule has 0 bridgehead atoms. The van der Waals surface area contributed by atoms with Crippen LogP contribution in [0.3, 0.4) is 0 Å². The highest BCUT2D eigenvalue weighted by Crippen LogP contribution is 2.29. The maximum Gasteiger partial charge on any atom is 0.258 e. The molecule has 2 amide bonds. The molecule has 0 saturated heterocycles. The number of fused-ring (bicyclic) bond motifs is 1. The number of hydrogen-bond donors (Lipinski definition) is 1. The minimum atomic E-state index is -0.217. The predicted molar refractivity (Wildman–Crippen MR) is 117 cm³/mol. The number of hydrogen-bond acceptors (Lipinski definition) is 3. The second-order valence-corrected chi connectivity index (χ2v) is 7.48. The number of benzene rings is 3. The van der Waals surface area contributed by atoms with Gasteiger partial charge in [-0.15, -0.1) is 0 Å². The first kappa shape index (κ1) is 19.2. The van der Waals surface area contributed by atoms with E-state index in [1.165, 1.54) is 0 Å². The lowest BCUT2D eigenvalue weighted by Gasteiger charge is -2.16. The molecular formula is C23H19BrN2O3. The predicted octanol–water partition coefficient (Wildman–Crippen LogP) is 5.26. The molecule has 1 aliphatic rings. The maximum atomic E-state index is 12.6. The van der Waals surface area contributed by atoms with Crippen LogP contribution < -0.4 is 15.0 Å². The zero-order valence-corrected chi connectivity index (χ0v) is 17.4. The normalized spacial score (nSPS) is 12.6. The number of rotatable bonds is 5. The molecule has 3 aromatic carbocycles. The van der Waals surface area contributed by atoms with Gasteiger partial charge >= 0.3 is 0 Å². The lowest BCUT2D eigenvalue weighted by atomic mass is 10.1. The SMILES string of the molecule is CCOc1ccc(C(=O)Nc2ccc(N3Cc4ccccc4C3=O)cc2)cc1Br. The van der Waals surface area contributed by atoms with Crippen molar-refractivity contribution in [2.24, 2.45) is 0 Å². The average molecular weight is 451 g/mol. The Kier molecular flexibility index (Phi) is 5.36. The van der Waals surface area contributed by atoms with Crippen molar-refractivity contribution in [2.75, 3.05) is 16.8 Å². The molecule has 0 fully saturated rings. The third-order valence-electron chi connectivity index (χ3n) is 4.75. The zero-order chi connectivity index (χ0) is 20.4. The van der Waals surface area contributed by atoms with Gasteiger partial charge in [-0.2, -0.15) is 0 Å². The Hall–Kier alpha value is -3.12. The molecule has 0 aromatic heterocycles. The van der Waals surface area contributed by atoms with Crippen molar-refractivity contribution in [3.63, 3.8) is 0 Å². The molecule has 0 spiro atoms. The van der Waals surface area contributed by atoms with Crippen molar-refractivity contribution in [2.45, 2.75) is 13.5 Å². The minimum Gasteiger partial charge on any atom is -0.493 e. The summed E-state index contributed by atoms with van der Waals surface area (Å²) in [4.78, 5) is 26.9. The van der Waals surface area contributed by atoms with Gasteiger partial charge in [0.15, 0.2) is 0 Å². The maximum absolute atomic E-state index is 12.6. The monoisotopic (exact) mass is 450 g/mol. The van der Waals surface area contributed by atoms with Crippen LogP contribution in [-0.4, -0.2) is 18.4 Å². The van der Waals surface area contributed by atoms with E-state index in [-0.39, 0.29) is 11.8 Å². The Morgan fingerprint density at radius 3 is 2.55 bits per heavy atom. The van der Waals surface area contributed by atoms with Crippen LogP contribution >= 0.6 is 15.9 Å². The fraction of sp³-hybridized carbons (Fsp3) is 0.130. The van der Waals surface area contributed by atoms with E-state index in [1.54, 1.807) is 35.2 Å². The summed E-state index contributed by atoms with van der Waals surface area (Å²) in [6.07, 6.45) is 0. The van der Waals surface area contributed by atoms with Gasteiger partial charge in [-0.3, -0.25) is 9.59 Å². The first-order valence-corrected chi connectivity index (χ1v) is 10.1. The summed E-state index contributed by atoms with van der Waals surface area (Å²) in [7, 11) is 0. The highest BCUT2D eigenvalue weighted by Gasteiger charge is 2.27.